The van der Waals surface area contributed by atoms with Crippen molar-refractivity contribution < 1.29 is 9.90 Å². The molecule has 100 valence electrons. The minimum Gasteiger partial charge on any atom is -0.480 e. The van der Waals surface area contributed by atoms with Gasteiger partial charge >= 0.3 is 5.97 Å². The highest BCUT2D eigenvalue weighted by atomic mass is 16.4. The number of carboxylic acid groups (broad SMARTS) is 1. The fraction of sp³-hybridized carbons (Fsp3) is 0.917. The lowest BCUT2D eigenvalue weighted by molar-refractivity contribution is -0.140. The largest absolute Gasteiger partial charge is 0.480 e. The van der Waals surface area contributed by atoms with E-state index in [2.05, 4.69) is 22.0 Å². The molecule has 0 amide bonds. The Balaban J connectivity index is 2.38. The molecule has 0 saturated carbocycles. The predicted octanol–water partition coefficient (Wildman–Crippen LogP) is 0.0751. The van der Waals surface area contributed by atoms with Crippen molar-refractivity contribution in [1.82, 2.24) is 15.1 Å². The van der Waals surface area contributed by atoms with Crippen LogP contribution in [0.3, 0.4) is 0 Å². The van der Waals surface area contributed by atoms with Gasteiger partial charge in [0, 0.05) is 38.8 Å². The van der Waals surface area contributed by atoms with Gasteiger partial charge in [0.15, 0.2) is 0 Å². The van der Waals surface area contributed by atoms with E-state index in [-0.39, 0.29) is 6.04 Å². The van der Waals surface area contributed by atoms with Crippen molar-refractivity contribution in [1.29, 1.82) is 0 Å². The van der Waals surface area contributed by atoms with Gasteiger partial charge in [0.05, 0.1) is 0 Å². The van der Waals surface area contributed by atoms with Gasteiger partial charge in [-0.3, -0.25) is 9.69 Å². The number of nitrogens with zero attached hydrogens (tertiary/aromatic N) is 2. The lowest BCUT2D eigenvalue weighted by Gasteiger charge is -2.35. The zero-order chi connectivity index (χ0) is 12.8. The standard InChI is InChI=1S/C12H25N3O2/c1-4-14-5-7-15(8-6-14)9-11(12(16)17)13-10(2)3/h10-11,13H,4-9H2,1-3H3,(H,16,17). The maximum atomic E-state index is 11.1. The molecule has 1 rings (SSSR count). The fourth-order valence-corrected chi connectivity index (χ4v) is 2.15. The van der Waals surface area contributed by atoms with Gasteiger partial charge in [-0.15, -0.1) is 0 Å². The number of nitrogens with one attached hydrogen (secondary N) is 1. The third-order valence-electron chi connectivity index (χ3n) is 3.19. The molecule has 0 aromatic carbocycles. The van der Waals surface area contributed by atoms with Crippen LogP contribution >= 0.6 is 0 Å². The molecule has 1 aliphatic heterocycles. The second-order valence-corrected chi connectivity index (χ2v) is 4.95. The smallest absolute Gasteiger partial charge is 0.322 e. The van der Waals surface area contributed by atoms with Crippen LogP contribution < -0.4 is 5.32 Å². The number of carbonyl (C=O) groups is 1. The zero-order valence-electron chi connectivity index (χ0n) is 11.1. The Morgan fingerprint density at radius 2 is 1.76 bits per heavy atom. The van der Waals surface area contributed by atoms with Crippen molar-refractivity contribution in [3.63, 3.8) is 0 Å². The average Bonchev–Trinajstić information content (AvgIpc) is 2.28. The van der Waals surface area contributed by atoms with Crippen LogP contribution in [0.1, 0.15) is 20.8 Å². The molecule has 1 atom stereocenters. The van der Waals surface area contributed by atoms with Gasteiger partial charge in [-0.05, 0) is 6.54 Å². The van der Waals surface area contributed by atoms with Crippen molar-refractivity contribution in [3.05, 3.63) is 0 Å². The number of hydrogen-bond donors (Lipinski definition) is 2. The maximum absolute atomic E-state index is 11.1. The van der Waals surface area contributed by atoms with Crippen molar-refractivity contribution in [2.45, 2.75) is 32.9 Å². The molecule has 2 N–H and O–H groups in total. The Labute approximate surface area is 104 Å². The van der Waals surface area contributed by atoms with Gasteiger partial charge in [-0.25, -0.2) is 0 Å². The van der Waals surface area contributed by atoms with Gasteiger partial charge in [-0.2, -0.15) is 0 Å². The number of rotatable bonds is 6. The molecule has 0 aromatic rings. The van der Waals surface area contributed by atoms with Crippen LogP contribution in [0.5, 0.6) is 0 Å². The molecule has 1 aliphatic rings. The molecule has 17 heavy (non-hydrogen) atoms. The molecule has 1 saturated heterocycles. The number of carboxylic acids is 1. The van der Waals surface area contributed by atoms with Crippen molar-refractivity contribution >= 4 is 5.97 Å². The van der Waals surface area contributed by atoms with Crippen LogP contribution in [-0.2, 0) is 4.79 Å². The molecule has 5 heteroatoms. The molecule has 0 aromatic heterocycles. The van der Waals surface area contributed by atoms with Crippen LogP contribution in [-0.4, -0.2) is 72.2 Å². The summed E-state index contributed by atoms with van der Waals surface area (Å²) in [7, 11) is 0. The van der Waals surface area contributed by atoms with Crippen LogP contribution in [0.4, 0.5) is 0 Å². The molecule has 1 heterocycles. The maximum Gasteiger partial charge on any atom is 0.322 e. The normalized spacial score (nSPS) is 20.7. The first-order chi connectivity index (χ1) is 8.02. The molecular weight excluding hydrogens is 218 g/mol. The van der Waals surface area contributed by atoms with Gasteiger partial charge in [0.1, 0.15) is 6.04 Å². The summed E-state index contributed by atoms with van der Waals surface area (Å²) >= 11 is 0. The minimum absolute atomic E-state index is 0.202. The van der Waals surface area contributed by atoms with Crippen LogP contribution in [0, 0.1) is 0 Å². The highest BCUT2D eigenvalue weighted by Gasteiger charge is 2.23. The van der Waals surface area contributed by atoms with Gasteiger partial charge in [-0.1, -0.05) is 20.8 Å². The average molecular weight is 243 g/mol. The molecule has 0 bridgehead atoms. The highest BCUT2D eigenvalue weighted by molar-refractivity contribution is 5.73. The first kappa shape index (κ1) is 14.4. The van der Waals surface area contributed by atoms with Gasteiger partial charge in [0.25, 0.3) is 0 Å². The minimum atomic E-state index is -0.753. The summed E-state index contributed by atoms with van der Waals surface area (Å²) in [4.78, 5) is 15.8. The van der Waals surface area contributed by atoms with E-state index < -0.39 is 12.0 Å². The Morgan fingerprint density at radius 1 is 1.24 bits per heavy atom. The summed E-state index contributed by atoms with van der Waals surface area (Å²) in [6.07, 6.45) is 0. The second kappa shape index (κ2) is 6.93. The van der Waals surface area contributed by atoms with E-state index in [0.717, 1.165) is 32.7 Å². The number of piperazine rings is 1. The van der Waals surface area contributed by atoms with E-state index in [9.17, 15) is 4.79 Å². The number of aliphatic carboxylic acids is 1. The fourth-order valence-electron chi connectivity index (χ4n) is 2.15. The quantitative estimate of drug-likeness (QED) is 0.692. The predicted molar refractivity (Wildman–Crippen MR) is 68.2 cm³/mol. The first-order valence-corrected chi connectivity index (χ1v) is 6.46. The summed E-state index contributed by atoms with van der Waals surface area (Å²) in [5.74, 6) is -0.753. The second-order valence-electron chi connectivity index (χ2n) is 4.95. The van der Waals surface area contributed by atoms with Crippen LogP contribution in [0.15, 0.2) is 0 Å². The number of hydrogen-bond acceptors (Lipinski definition) is 4. The molecule has 0 spiro atoms. The molecule has 0 aliphatic carbocycles. The SMILES string of the molecule is CCN1CCN(CC(NC(C)C)C(=O)O)CC1. The third-order valence-corrected chi connectivity index (χ3v) is 3.19. The van der Waals surface area contributed by atoms with E-state index in [1.165, 1.54) is 0 Å². The monoisotopic (exact) mass is 243 g/mol. The summed E-state index contributed by atoms with van der Waals surface area (Å²) in [6, 6.07) is -0.254. The lowest BCUT2D eigenvalue weighted by Crippen LogP contribution is -2.53. The van der Waals surface area contributed by atoms with E-state index in [1.54, 1.807) is 0 Å². The summed E-state index contributed by atoms with van der Waals surface area (Å²) in [6.45, 7) is 11.8. The third kappa shape index (κ3) is 5.02. The molecule has 5 nitrogen and oxygen atoms in total. The van der Waals surface area contributed by atoms with Crippen molar-refractivity contribution in [3.8, 4) is 0 Å². The number of likely N-dealkylation sites (N-methyl/N-ethyl adjacent to an activating group) is 1. The van der Waals surface area contributed by atoms with Gasteiger partial charge in [0.2, 0.25) is 0 Å². The molecule has 1 fully saturated rings. The highest BCUT2D eigenvalue weighted by Crippen LogP contribution is 2.03. The molecule has 0 radical (unpaired) electrons. The van der Waals surface area contributed by atoms with E-state index in [1.807, 2.05) is 13.8 Å². The zero-order valence-corrected chi connectivity index (χ0v) is 11.1. The topological polar surface area (TPSA) is 55.8 Å². The summed E-state index contributed by atoms with van der Waals surface area (Å²) in [5.41, 5.74) is 0. The lowest BCUT2D eigenvalue weighted by atomic mass is 10.2. The Kier molecular flexibility index (Phi) is 5.88. The molecular formula is C12H25N3O2. The Hall–Kier alpha value is -0.650. The van der Waals surface area contributed by atoms with Gasteiger partial charge < -0.3 is 15.3 Å². The Morgan fingerprint density at radius 3 is 2.18 bits per heavy atom. The van der Waals surface area contributed by atoms with Crippen LogP contribution in [0.25, 0.3) is 0 Å². The van der Waals surface area contributed by atoms with E-state index >= 15 is 0 Å². The van der Waals surface area contributed by atoms with E-state index in [4.69, 9.17) is 5.11 Å². The van der Waals surface area contributed by atoms with Crippen molar-refractivity contribution in [2.24, 2.45) is 0 Å². The first-order valence-electron chi connectivity index (χ1n) is 6.46. The Bertz CT molecular complexity index is 238. The summed E-state index contributed by atoms with van der Waals surface area (Å²) in [5, 5.41) is 12.2. The van der Waals surface area contributed by atoms with E-state index in [0.29, 0.717) is 6.54 Å². The molecule has 1 unspecified atom stereocenters. The summed E-state index contributed by atoms with van der Waals surface area (Å²) < 4.78 is 0. The van der Waals surface area contributed by atoms with Crippen LogP contribution in [0.2, 0.25) is 0 Å². The van der Waals surface area contributed by atoms with Crippen molar-refractivity contribution in [2.75, 3.05) is 39.3 Å².